The van der Waals surface area contributed by atoms with E-state index in [-0.39, 0.29) is 84.9 Å². The van der Waals surface area contributed by atoms with Crippen molar-refractivity contribution in [3.8, 4) is 35.1 Å². The lowest BCUT2D eigenvalue weighted by atomic mass is 9.86. The Hall–Kier alpha value is -11.7. The minimum atomic E-state index is -4.38. The van der Waals surface area contributed by atoms with E-state index in [2.05, 4.69) is 158 Å². The van der Waals surface area contributed by atoms with Crippen LogP contribution in [0.2, 0.25) is 10.3 Å². The zero-order valence-electron chi connectivity index (χ0n) is 87.6. The summed E-state index contributed by atoms with van der Waals surface area (Å²) < 4.78 is 131. The van der Waals surface area contributed by atoms with Gasteiger partial charge in [-0.05, 0) is 235 Å². The molecule has 9 aromatic rings. The van der Waals surface area contributed by atoms with Crippen molar-refractivity contribution in [2.45, 2.75) is 253 Å². The number of carboxylic acids is 1. The summed E-state index contributed by atoms with van der Waals surface area (Å²) >= 11 is 12.2. The van der Waals surface area contributed by atoms with E-state index in [4.69, 9.17) is 76.3 Å². The highest BCUT2D eigenvalue weighted by Crippen LogP contribution is 2.40. The molecular weight excluding hydrogens is 1980 g/mol. The number of carbonyl (C=O) groups excluding carboxylic acids is 4. The lowest BCUT2D eigenvalue weighted by Crippen LogP contribution is -2.50. The number of amides is 4. The molecule has 46 heteroatoms. The monoisotopic (exact) mass is 2120 g/mol. The Morgan fingerprint density at radius 2 is 1.03 bits per heavy atom. The van der Waals surface area contributed by atoms with Crippen LogP contribution < -0.4 is 49.6 Å². The number of anilines is 4. The fraction of sp³-hybridized carbons (Fsp3) is 0.560. The number of pyridine rings is 6. The first-order chi connectivity index (χ1) is 68.2. The molecule has 3 saturated heterocycles. The highest BCUT2D eigenvalue weighted by Gasteiger charge is 2.47. The van der Waals surface area contributed by atoms with E-state index >= 15 is 0 Å². The van der Waals surface area contributed by atoms with E-state index in [1.165, 1.54) is 51.8 Å². The lowest BCUT2D eigenvalue weighted by molar-refractivity contribution is -0.0685. The van der Waals surface area contributed by atoms with Gasteiger partial charge in [0.2, 0.25) is 17.6 Å². The molecule has 13 heterocycles. The molecule has 0 aliphatic carbocycles. The van der Waals surface area contributed by atoms with Gasteiger partial charge in [-0.2, -0.15) is 16.8 Å². The van der Waals surface area contributed by atoms with Crippen molar-refractivity contribution in [2.75, 3.05) is 93.2 Å². The summed E-state index contributed by atoms with van der Waals surface area (Å²) in [4.78, 5) is 93.7. The molecule has 41 nitrogen and oxygen atoms in total. The largest absolute Gasteiger partial charge is 0.478 e. The number of hydrogen-bond donors (Lipinski definition) is 7. The number of sulfonamides is 3. The van der Waals surface area contributed by atoms with Crippen LogP contribution in [0, 0.1) is 53.3 Å². The van der Waals surface area contributed by atoms with Gasteiger partial charge in [0.05, 0.1) is 75.1 Å². The molecule has 0 saturated carbocycles. The van der Waals surface area contributed by atoms with Gasteiger partial charge in [-0.1, -0.05) is 124 Å². The summed E-state index contributed by atoms with van der Waals surface area (Å²) in [6.45, 7) is 53.8. The number of nitrogens with zero attached hydrogens (tertiary/aromatic N) is 15. The zero-order valence-corrected chi connectivity index (χ0v) is 91.6. The fourth-order valence-corrected chi connectivity index (χ4v) is 19.9. The topological polar surface area (TPSA) is 509 Å². The number of likely N-dealkylation sites (tertiary alicyclic amines) is 2. The van der Waals surface area contributed by atoms with Gasteiger partial charge in [-0.15, -0.1) is 15.3 Å². The van der Waals surface area contributed by atoms with Gasteiger partial charge in [-0.25, -0.2) is 81.3 Å². The Morgan fingerprint density at radius 1 is 0.562 bits per heavy atom. The van der Waals surface area contributed by atoms with Crippen molar-refractivity contribution >= 4 is 107 Å². The van der Waals surface area contributed by atoms with Crippen molar-refractivity contribution in [1.82, 2.24) is 78.5 Å². The molecule has 3 atom stereocenters. The average Bonchev–Trinajstić information content (AvgIpc) is 1.61. The molecule has 3 fully saturated rings. The Balaban J connectivity index is 0.000000208. The lowest BCUT2D eigenvalue weighted by Gasteiger charge is -2.36. The molecule has 4 bridgehead atoms. The number of halogens is 2. The SMILES string of the molecule is CC(C)(C)OC(=O)N1CC(OCCNc2cccc(S(N)(=O)=O)n2)CC1(C)C.CC(C)C(COc1ccn(-c2ccc(C(=O)NS(=O)(=O)c3cccc(NCCOC4CCC(C)(C)N4C(=O)OC(C)(C)C)n3)c(Cl)n2)n1)C(C)C.CC(C)C(COc1ccn(-c2ccc(C(=O)O)c(Cl)n2)n1)C(C)C.CC(C)C(COc1ccn(-c2ccc3c(n2)N2CC(CC2(C)C)OCCNc2cccc(n2)S(=O)(=O)NC3=O)n1)C(C)C. The minimum Gasteiger partial charge on any atom is -0.478 e. The molecule has 4 aliphatic heterocycles. The summed E-state index contributed by atoms with van der Waals surface area (Å²) in [5.74, 6) is 5.18. The van der Waals surface area contributed by atoms with Crippen molar-refractivity contribution in [3.63, 3.8) is 0 Å². The predicted octanol–water partition coefficient (Wildman–Crippen LogP) is 16.1. The number of nitrogens with one attached hydrogen (secondary N) is 5. The molecule has 0 spiro atoms. The second kappa shape index (κ2) is 49.4. The van der Waals surface area contributed by atoms with Crippen molar-refractivity contribution < 1.29 is 92.2 Å². The summed E-state index contributed by atoms with van der Waals surface area (Å²) in [6, 6.07) is 27.8. The van der Waals surface area contributed by atoms with Gasteiger partial charge in [-0.3, -0.25) is 14.5 Å². The summed E-state index contributed by atoms with van der Waals surface area (Å²) in [7, 11) is -12.5. The van der Waals surface area contributed by atoms with Crippen molar-refractivity contribution in [2.24, 2.45) is 58.4 Å². The highest BCUT2D eigenvalue weighted by molar-refractivity contribution is 7.90. The average molecular weight is 2130 g/mol. The van der Waals surface area contributed by atoms with Crippen LogP contribution >= 0.6 is 23.2 Å². The third-order valence-corrected chi connectivity index (χ3v) is 28.7. The van der Waals surface area contributed by atoms with E-state index in [0.29, 0.717) is 184 Å². The number of aromatic nitrogens is 12. The Labute approximate surface area is 866 Å². The molecule has 3 unspecified atom stereocenters. The quantitative estimate of drug-likeness (QED) is 0.0148. The molecule has 800 valence electrons. The standard InChI is InChI=1S/C35H50ClN7O7S.C30H41N7O5S.C18H30N4O5S.C17H22ClN3O3/c1-22(2)25(23(3)4)21-49-28-16-19-42(40-28)27-14-13-24(31(36)39-27)32(44)41-51(46,47)29-12-10-11-26(38-29)37-18-20-48-30-15-17-35(8,9)43(30)33(45)50-34(5,6)7;1-19(2)23(20(3)4)18-42-26-12-14-37(34-26)25-11-10-22-28(33-25)36-17-21(16-30(36,5)6)41-15-13-31-24-8-7-9-27(32-24)43(39,40)35-29(22)38;1-17(2,3)27-16(23)22-12-13(11-18(22,4)5)26-10-9-20-14-7-6-8-15(21-14)28(19,24)25;1-10(2)13(11(3)4)9-24-15-7-8-21(20-15)14-6-5-12(17(22)23)16(18)19-14/h10-14,16,19,22-23,25,30H,15,17-18,20-21H2,1-9H3,(H,37,38)(H,41,44);7-12,14,19-21,23H,13,15-18H2,1-6H3,(H,31,32)(H,35,38);6-8,13H,9-12H2,1-5H3,(H,20,21)(H2,19,24,25);5-8,10-11,13H,9H2,1-4H3,(H,22,23). The van der Waals surface area contributed by atoms with E-state index in [1.54, 1.807) is 99.8 Å². The van der Waals surface area contributed by atoms with Gasteiger partial charge in [0.15, 0.2) is 32.5 Å². The first kappa shape index (κ1) is 116. The van der Waals surface area contributed by atoms with Crippen LogP contribution in [-0.2, 0) is 53.8 Å². The molecule has 146 heavy (non-hydrogen) atoms. The van der Waals surface area contributed by atoms with E-state index in [1.807, 2.05) is 78.9 Å². The normalized spacial score (nSPS) is 17.1. The van der Waals surface area contributed by atoms with Crippen LogP contribution in [0.5, 0.6) is 17.6 Å². The number of hydrogen-bond acceptors (Lipinski definition) is 32. The van der Waals surface area contributed by atoms with E-state index in [0.717, 1.165) is 6.42 Å². The van der Waals surface area contributed by atoms with E-state index < -0.39 is 82.5 Å². The van der Waals surface area contributed by atoms with Crippen LogP contribution in [0.25, 0.3) is 17.5 Å². The number of aromatic carboxylic acids is 1. The number of primary sulfonamides is 1. The molecule has 0 radical (unpaired) electrons. The zero-order chi connectivity index (χ0) is 108. The maximum atomic E-state index is 13.6. The smallest absolute Gasteiger partial charge is 0.412 e. The number of carboxylic acid groups (broad SMARTS) is 1. The Bertz CT molecular complexity index is 6300. The third kappa shape index (κ3) is 32.7. The molecule has 4 aliphatic rings. The van der Waals surface area contributed by atoms with Crippen LogP contribution in [-0.4, -0.2) is 248 Å². The number of ether oxygens (including phenoxy) is 8. The van der Waals surface area contributed by atoms with Crippen LogP contribution in [0.1, 0.15) is 223 Å². The van der Waals surface area contributed by atoms with Crippen LogP contribution in [0.4, 0.5) is 32.9 Å². The number of fused-ring (bicyclic) bond motifs is 6. The maximum absolute atomic E-state index is 13.6. The molecule has 13 rings (SSSR count). The van der Waals surface area contributed by atoms with Gasteiger partial charge in [0, 0.05) is 79.6 Å². The summed E-state index contributed by atoms with van der Waals surface area (Å²) in [5.41, 5.74) is -2.47. The first-order valence-corrected chi connectivity index (χ1v) is 54.0. The molecule has 9 aromatic heterocycles. The summed E-state index contributed by atoms with van der Waals surface area (Å²) in [6.07, 6.45) is 6.44. The maximum Gasteiger partial charge on any atom is 0.412 e. The van der Waals surface area contributed by atoms with Crippen LogP contribution in [0.15, 0.2) is 143 Å². The van der Waals surface area contributed by atoms with E-state index in [9.17, 15) is 49.2 Å². The van der Waals surface area contributed by atoms with Gasteiger partial charge in [0.1, 0.15) is 51.0 Å². The van der Waals surface area contributed by atoms with Gasteiger partial charge >= 0.3 is 18.2 Å². The fourth-order valence-electron chi connectivity index (χ4n) is 17.1. The number of carbonyl (C=O) groups is 5. The van der Waals surface area contributed by atoms with Crippen molar-refractivity contribution in [1.29, 1.82) is 0 Å². The molecule has 8 N–H and O–H groups in total. The van der Waals surface area contributed by atoms with Crippen LogP contribution in [0.3, 0.4) is 0 Å². The number of nitrogens with two attached hydrogens (primary N) is 1. The van der Waals surface area contributed by atoms with Gasteiger partial charge in [0.25, 0.3) is 41.9 Å². The molecular formula is C100H143Cl2N21O20S3. The second-order valence-electron chi connectivity index (χ2n) is 42.1. The highest BCUT2D eigenvalue weighted by atomic mass is 35.5. The molecule has 4 amide bonds. The third-order valence-electron chi connectivity index (χ3n) is 24.9. The Morgan fingerprint density at radius 3 is 1.51 bits per heavy atom. The van der Waals surface area contributed by atoms with Crippen molar-refractivity contribution in [3.05, 3.63) is 155 Å². The Kier molecular flexibility index (Phi) is 39.4. The predicted molar refractivity (Wildman–Crippen MR) is 554 cm³/mol. The van der Waals surface area contributed by atoms with Gasteiger partial charge < -0.3 is 68.8 Å². The minimum absolute atomic E-state index is 0.0410. The number of rotatable bonds is 33. The first-order valence-electron chi connectivity index (χ1n) is 48.8. The summed E-state index contributed by atoms with van der Waals surface area (Å²) in [5, 5.41) is 35.4. The second-order valence-corrected chi connectivity index (χ2v) is 47.6. The molecule has 0 aromatic carbocycles.